The van der Waals surface area contributed by atoms with E-state index in [4.69, 9.17) is 14.2 Å². The van der Waals surface area contributed by atoms with Gasteiger partial charge in [-0.2, -0.15) is 0 Å². The number of aryl methyl sites for hydroxylation is 1. The fourth-order valence-corrected chi connectivity index (χ4v) is 4.29. The summed E-state index contributed by atoms with van der Waals surface area (Å²) in [6.45, 7) is 4.54. The van der Waals surface area contributed by atoms with Crippen LogP contribution in [0.1, 0.15) is 11.1 Å². The number of piperazine rings is 1. The van der Waals surface area contributed by atoms with Crippen LogP contribution in [0.4, 0.5) is 10.5 Å². The molecule has 3 aliphatic rings. The number of urea groups is 1. The van der Waals surface area contributed by atoms with E-state index in [1.165, 1.54) is 4.90 Å². The lowest BCUT2D eigenvalue weighted by molar-refractivity contribution is -0.121. The van der Waals surface area contributed by atoms with Gasteiger partial charge in [0.1, 0.15) is 11.8 Å². The van der Waals surface area contributed by atoms with E-state index in [1.54, 1.807) is 18.1 Å². The number of nitrogens with zero attached hydrogens (tertiary/aromatic N) is 3. The first kappa shape index (κ1) is 18.7. The molecule has 0 spiro atoms. The second kappa shape index (κ2) is 7.21. The third-order valence-electron chi connectivity index (χ3n) is 5.83. The van der Waals surface area contributed by atoms with Gasteiger partial charge in [0.05, 0.1) is 12.8 Å². The first-order valence-corrected chi connectivity index (χ1v) is 9.95. The molecule has 1 atom stereocenters. The normalized spacial score (nSPS) is 20.7. The zero-order valence-electron chi connectivity index (χ0n) is 17.0. The summed E-state index contributed by atoms with van der Waals surface area (Å²) in [5.41, 5.74) is 2.55. The molecule has 3 aliphatic heterocycles. The third kappa shape index (κ3) is 3.04. The lowest BCUT2D eigenvalue weighted by Gasteiger charge is -2.35. The summed E-state index contributed by atoms with van der Waals surface area (Å²) in [4.78, 5) is 31.4. The van der Waals surface area contributed by atoms with Gasteiger partial charge in [0.2, 0.25) is 6.79 Å². The molecule has 3 heterocycles. The molecule has 0 N–H and O–H groups in total. The van der Waals surface area contributed by atoms with Crippen molar-refractivity contribution in [1.82, 2.24) is 9.80 Å². The van der Waals surface area contributed by atoms with Gasteiger partial charge in [0.25, 0.3) is 5.91 Å². The molecule has 5 rings (SSSR count). The molecule has 0 radical (unpaired) electrons. The first-order valence-electron chi connectivity index (χ1n) is 9.95. The van der Waals surface area contributed by atoms with Crippen molar-refractivity contribution >= 4 is 17.6 Å². The molecular formula is C22H23N3O5. The van der Waals surface area contributed by atoms with Crippen LogP contribution < -0.4 is 19.1 Å². The number of rotatable bonds is 4. The van der Waals surface area contributed by atoms with Crippen molar-refractivity contribution in [3.05, 3.63) is 47.5 Å². The molecule has 3 amide bonds. The minimum Gasteiger partial charge on any atom is -0.495 e. The van der Waals surface area contributed by atoms with Crippen molar-refractivity contribution in [1.29, 1.82) is 0 Å². The van der Waals surface area contributed by atoms with E-state index in [2.05, 4.69) is 4.90 Å². The minimum atomic E-state index is -0.495. The fourth-order valence-electron chi connectivity index (χ4n) is 4.29. The summed E-state index contributed by atoms with van der Waals surface area (Å²) in [6, 6.07) is 10.6. The van der Waals surface area contributed by atoms with Gasteiger partial charge in [-0.3, -0.25) is 9.69 Å². The summed E-state index contributed by atoms with van der Waals surface area (Å²) in [7, 11) is 1.54. The highest BCUT2D eigenvalue weighted by Gasteiger charge is 2.49. The summed E-state index contributed by atoms with van der Waals surface area (Å²) in [5, 5.41) is 0. The Labute approximate surface area is 174 Å². The van der Waals surface area contributed by atoms with Crippen LogP contribution in [0.2, 0.25) is 0 Å². The molecule has 0 bridgehead atoms. The van der Waals surface area contributed by atoms with Gasteiger partial charge >= 0.3 is 6.03 Å². The molecule has 2 saturated heterocycles. The Bertz CT molecular complexity index is 1020. The SMILES string of the molecule is COc1ccc(C)cc1N1C(=O)C2CN(Cc3ccc4c(c3)OCO4)CCN2C1=O. The molecule has 0 saturated carbocycles. The molecule has 0 aliphatic carbocycles. The van der Waals surface area contributed by atoms with Crippen molar-refractivity contribution in [3.8, 4) is 17.2 Å². The van der Waals surface area contributed by atoms with Crippen LogP contribution in [-0.4, -0.2) is 61.3 Å². The van der Waals surface area contributed by atoms with Crippen molar-refractivity contribution in [2.75, 3.05) is 38.4 Å². The molecule has 2 aromatic carbocycles. The third-order valence-corrected chi connectivity index (χ3v) is 5.83. The highest BCUT2D eigenvalue weighted by atomic mass is 16.7. The number of benzene rings is 2. The molecule has 2 aromatic rings. The predicted octanol–water partition coefficient (Wildman–Crippen LogP) is 2.39. The number of carbonyl (C=O) groups excluding carboxylic acids is 2. The Morgan fingerprint density at radius 1 is 1.07 bits per heavy atom. The van der Waals surface area contributed by atoms with E-state index in [1.807, 2.05) is 37.3 Å². The van der Waals surface area contributed by atoms with Gasteiger partial charge in [-0.1, -0.05) is 12.1 Å². The van der Waals surface area contributed by atoms with Gasteiger partial charge in [-0.05, 0) is 42.3 Å². The number of amides is 3. The number of ether oxygens (including phenoxy) is 3. The standard InChI is InChI=1S/C22H23N3O5/c1-14-3-5-18(28-2)16(9-14)25-21(26)17-12-23(7-8-24(17)22(25)27)11-15-4-6-19-20(10-15)30-13-29-19/h3-6,9-10,17H,7-8,11-13H2,1-2H3. The first-order chi connectivity index (χ1) is 14.5. The molecule has 2 fully saturated rings. The summed E-state index contributed by atoms with van der Waals surface area (Å²) in [5.74, 6) is 1.80. The lowest BCUT2D eigenvalue weighted by Crippen LogP contribution is -2.52. The van der Waals surface area contributed by atoms with E-state index < -0.39 is 6.04 Å². The van der Waals surface area contributed by atoms with Crippen LogP contribution in [0.5, 0.6) is 17.2 Å². The predicted molar refractivity (Wildman–Crippen MR) is 109 cm³/mol. The highest BCUT2D eigenvalue weighted by molar-refractivity contribution is 6.22. The van der Waals surface area contributed by atoms with E-state index in [-0.39, 0.29) is 18.7 Å². The smallest absolute Gasteiger partial charge is 0.332 e. The molecule has 156 valence electrons. The molecule has 30 heavy (non-hydrogen) atoms. The minimum absolute atomic E-state index is 0.209. The maximum absolute atomic E-state index is 13.2. The van der Waals surface area contributed by atoms with Gasteiger partial charge in [-0.25, -0.2) is 9.69 Å². The summed E-state index contributed by atoms with van der Waals surface area (Å²) in [6.07, 6.45) is 0. The largest absolute Gasteiger partial charge is 0.495 e. The average molecular weight is 409 g/mol. The maximum Gasteiger partial charge on any atom is 0.332 e. The van der Waals surface area contributed by atoms with Gasteiger partial charge in [0.15, 0.2) is 11.5 Å². The molecule has 0 aromatic heterocycles. The van der Waals surface area contributed by atoms with Crippen molar-refractivity contribution in [3.63, 3.8) is 0 Å². The van der Waals surface area contributed by atoms with Crippen molar-refractivity contribution in [2.45, 2.75) is 19.5 Å². The number of carbonyl (C=O) groups is 2. The number of imide groups is 1. The Morgan fingerprint density at radius 2 is 1.90 bits per heavy atom. The highest BCUT2D eigenvalue weighted by Crippen LogP contribution is 2.36. The Morgan fingerprint density at radius 3 is 2.73 bits per heavy atom. The fraction of sp³-hybridized carbons (Fsp3) is 0.364. The van der Waals surface area contributed by atoms with E-state index in [9.17, 15) is 9.59 Å². The second-order valence-corrected chi connectivity index (χ2v) is 7.76. The maximum atomic E-state index is 13.2. The topological polar surface area (TPSA) is 71.6 Å². The number of anilines is 1. The average Bonchev–Trinajstić information content (AvgIpc) is 3.30. The summed E-state index contributed by atoms with van der Waals surface area (Å²) < 4.78 is 16.2. The van der Waals surface area contributed by atoms with Crippen molar-refractivity contribution < 1.29 is 23.8 Å². The van der Waals surface area contributed by atoms with Crippen LogP contribution in [0.25, 0.3) is 0 Å². The van der Waals surface area contributed by atoms with Crippen LogP contribution in [0, 0.1) is 6.92 Å². The van der Waals surface area contributed by atoms with Crippen molar-refractivity contribution in [2.24, 2.45) is 0 Å². The Balaban J connectivity index is 1.35. The quantitative estimate of drug-likeness (QED) is 0.722. The van der Waals surface area contributed by atoms with E-state index in [0.29, 0.717) is 37.6 Å². The van der Waals surface area contributed by atoms with Crippen LogP contribution in [0.15, 0.2) is 36.4 Å². The van der Waals surface area contributed by atoms with Gasteiger partial charge < -0.3 is 19.1 Å². The van der Waals surface area contributed by atoms with Crippen LogP contribution >= 0.6 is 0 Å². The lowest BCUT2D eigenvalue weighted by atomic mass is 10.1. The monoisotopic (exact) mass is 409 g/mol. The zero-order valence-corrected chi connectivity index (χ0v) is 17.0. The molecule has 8 heteroatoms. The van der Waals surface area contributed by atoms with E-state index in [0.717, 1.165) is 22.6 Å². The second-order valence-electron chi connectivity index (χ2n) is 7.76. The molecule has 1 unspecified atom stereocenters. The van der Waals surface area contributed by atoms with Crippen LogP contribution in [-0.2, 0) is 11.3 Å². The molecular weight excluding hydrogens is 386 g/mol. The summed E-state index contributed by atoms with van der Waals surface area (Å²) >= 11 is 0. The Kier molecular flexibility index (Phi) is 4.51. The van der Waals surface area contributed by atoms with Gasteiger partial charge in [0, 0.05) is 26.2 Å². The number of hydrogen-bond donors (Lipinski definition) is 0. The number of methoxy groups -OCH3 is 1. The van der Waals surface area contributed by atoms with Crippen LogP contribution in [0.3, 0.4) is 0 Å². The number of hydrogen-bond acceptors (Lipinski definition) is 6. The van der Waals surface area contributed by atoms with Gasteiger partial charge in [-0.15, -0.1) is 0 Å². The molecule has 8 nitrogen and oxygen atoms in total. The number of fused-ring (bicyclic) bond motifs is 2. The van der Waals surface area contributed by atoms with E-state index >= 15 is 0 Å². The Hall–Kier alpha value is -3.26. The zero-order chi connectivity index (χ0) is 20.8.